The number of ether oxygens (including phenoxy) is 2. The van der Waals surface area contributed by atoms with E-state index < -0.39 is 41.9 Å². The van der Waals surface area contributed by atoms with Gasteiger partial charge in [-0.2, -0.15) is 0 Å². The molecule has 3 fully saturated rings. The Labute approximate surface area is 261 Å². The molecule has 1 aliphatic carbocycles. The lowest BCUT2D eigenvalue weighted by Crippen LogP contribution is -2.66. The van der Waals surface area contributed by atoms with Crippen molar-refractivity contribution in [3.8, 4) is 11.1 Å². The van der Waals surface area contributed by atoms with Crippen LogP contribution in [-0.4, -0.2) is 110 Å². The third-order valence-corrected chi connectivity index (χ3v) is 11.1. The minimum absolute atomic E-state index is 0.150. The third-order valence-electron chi connectivity index (χ3n) is 9.03. The molecule has 0 bridgehead atoms. The number of aliphatic hydroxyl groups excluding tert-OH is 3. The van der Waals surface area contributed by atoms with E-state index in [4.69, 9.17) is 9.47 Å². The number of likely N-dealkylation sites (tertiary alicyclic amines) is 1. The van der Waals surface area contributed by atoms with Gasteiger partial charge in [-0.1, -0.05) is 37.3 Å². The van der Waals surface area contributed by atoms with Gasteiger partial charge in [-0.15, -0.1) is 23.5 Å². The van der Waals surface area contributed by atoms with E-state index >= 15 is 0 Å². The zero-order chi connectivity index (χ0) is 30.1. The van der Waals surface area contributed by atoms with E-state index in [0.717, 1.165) is 41.8 Å². The molecule has 4 heterocycles. The third kappa shape index (κ3) is 6.69. The van der Waals surface area contributed by atoms with Gasteiger partial charge in [0.05, 0.1) is 18.8 Å². The summed E-state index contributed by atoms with van der Waals surface area (Å²) in [6, 6.07) is 11.4. The first-order chi connectivity index (χ1) is 20.9. The van der Waals surface area contributed by atoms with Crippen molar-refractivity contribution in [2.75, 3.05) is 19.4 Å². The van der Waals surface area contributed by atoms with Gasteiger partial charge in [0.1, 0.15) is 35.9 Å². The smallest absolute Gasteiger partial charge is 0.240 e. The van der Waals surface area contributed by atoms with E-state index in [1.807, 2.05) is 55.6 Å². The minimum atomic E-state index is -1.40. The van der Waals surface area contributed by atoms with Crippen LogP contribution in [0.1, 0.15) is 26.2 Å². The van der Waals surface area contributed by atoms with Crippen molar-refractivity contribution in [1.29, 1.82) is 0 Å². The van der Waals surface area contributed by atoms with Crippen LogP contribution in [0, 0.1) is 5.92 Å². The predicted molar refractivity (Wildman–Crippen MR) is 168 cm³/mol. The summed E-state index contributed by atoms with van der Waals surface area (Å²) in [6.45, 7) is 3.30. The van der Waals surface area contributed by atoms with Gasteiger partial charge in [-0.3, -0.25) is 14.7 Å². The number of nitrogens with one attached hydrogen (secondary N) is 1. The van der Waals surface area contributed by atoms with Crippen LogP contribution < -0.4 is 5.32 Å². The van der Waals surface area contributed by atoms with Gasteiger partial charge in [0, 0.05) is 41.0 Å². The fraction of sp³-hybridized carbons (Fsp3) is 0.562. The molecule has 4 N–H and O–H groups in total. The number of rotatable bonds is 9. The van der Waals surface area contributed by atoms with Crippen molar-refractivity contribution in [3.63, 3.8) is 0 Å². The van der Waals surface area contributed by atoms with E-state index in [9.17, 15) is 20.1 Å². The van der Waals surface area contributed by atoms with Crippen LogP contribution in [0.5, 0.6) is 0 Å². The van der Waals surface area contributed by atoms with Crippen molar-refractivity contribution >= 4 is 29.4 Å². The Morgan fingerprint density at radius 2 is 1.86 bits per heavy atom. The molecule has 0 spiro atoms. The van der Waals surface area contributed by atoms with Gasteiger partial charge in [-0.25, -0.2) is 0 Å². The zero-order valence-electron chi connectivity index (χ0n) is 24.4. The van der Waals surface area contributed by atoms with Gasteiger partial charge in [0.15, 0.2) is 0 Å². The van der Waals surface area contributed by atoms with Gasteiger partial charge < -0.3 is 30.1 Å². The Morgan fingerprint density at radius 3 is 2.56 bits per heavy atom. The number of aliphatic hydroxyl groups is 3. The number of aromatic nitrogens is 1. The molecule has 43 heavy (non-hydrogen) atoms. The van der Waals surface area contributed by atoms with E-state index in [2.05, 4.69) is 21.3 Å². The molecule has 3 aliphatic heterocycles. The lowest BCUT2D eigenvalue weighted by molar-refractivity contribution is -0.205. The molecule has 0 radical (unpaired) electrons. The fourth-order valence-electron chi connectivity index (χ4n) is 6.59. The van der Waals surface area contributed by atoms with Crippen LogP contribution in [0.4, 0.5) is 0 Å². The van der Waals surface area contributed by atoms with Gasteiger partial charge >= 0.3 is 0 Å². The normalized spacial score (nSPS) is 34.3. The number of carbonyl (C=O) groups is 1. The molecule has 1 amide bonds. The summed E-state index contributed by atoms with van der Waals surface area (Å²) in [5.74, 6) is 0.0934. The number of thioether (sulfide) groups is 2. The summed E-state index contributed by atoms with van der Waals surface area (Å²) in [4.78, 5) is 21.8. The topological polar surface area (TPSA) is 124 Å². The summed E-state index contributed by atoms with van der Waals surface area (Å²) in [5.41, 5.74) is 1.33. The Kier molecular flexibility index (Phi) is 9.80. The standard InChI is InChI=1S/C32H41N3O6S2/c1-18(43-23-12-8-19(9-13-23)20-7-5-14-33-16-20)24(30-27(37)26(36)28(38)32(41-30)42-2)34-31(39)25-29-21(6-3-4-15-40-29)17-35(25)22-10-11-22/h3-5,7-9,12-14,16,18,21-22,24-30,32,36-38H,6,10-11,15,17H2,1-2H3,(H,34,39)/t18-,21-,24+,25-,26+,27?,28+,29+,30+,32?/m0/s1. The molecule has 1 saturated carbocycles. The van der Waals surface area contributed by atoms with Crippen LogP contribution >= 0.6 is 23.5 Å². The maximum Gasteiger partial charge on any atom is 0.240 e. The number of fused-ring (bicyclic) bond motifs is 1. The molecule has 10 atom stereocenters. The van der Waals surface area contributed by atoms with Crippen molar-refractivity contribution in [2.45, 2.75) is 90.4 Å². The van der Waals surface area contributed by atoms with Crippen molar-refractivity contribution < 1.29 is 29.6 Å². The van der Waals surface area contributed by atoms with Crippen LogP contribution in [0.25, 0.3) is 11.1 Å². The maximum absolute atomic E-state index is 14.2. The first-order valence-corrected chi connectivity index (χ1v) is 17.2. The summed E-state index contributed by atoms with van der Waals surface area (Å²) in [7, 11) is 0. The molecule has 2 saturated heterocycles. The van der Waals surface area contributed by atoms with Gasteiger partial charge in [-0.05, 0) is 54.8 Å². The molecule has 1 aromatic heterocycles. The number of benzene rings is 1. The van der Waals surface area contributed by atoms with Crippen LogP contribution in [-0.2, 0) is 14.3 Å². The van der Waals surface area contributed by atoms with Crippen molar-refractivity contribution in [1.82, 2.24) is 15.2 Å². The lowest BCUT2D eigenvalue weighted by atomic mass is 9.92. The van der Waals surface area contributed by atoms with Crippen LogP contribution in [0.2, 0.25) is 0 Å². The summed E-state index contributed by atoms with van der Waals surface area (Å²) in [6.07, 6.45) is 7.40. The number of hydrogen-bond acceptors (Lipinski definition) is 10. The second-order valence-electron chi connectivity index (χ2n) is 11.9. The number of pyridine rings is 1. The van der Waals surface area contributed by atoms with E-state index in [-0.39, 0.29) is 23.2 Å². The second kappa shape index (κ2) is 13.6. The monoisotopic (exact) mass is 627 g/mol. The highest BCUT2D eigenvalue weighted by Gasteiger charge is 2.53. The molecule has 1 aromatic carbocycles. The highest BCUT2D eigenvalue weighted by Crippen LogP contribution is 2.40. The molecular formula is C32H41N3O6S2. The molecule has 9 nitrogen and oxygen atoms in total. The Bertz CT molecular complexity index is 1260. The maximum atomic E-state index is 14.2. The summed E-state index contributed by atoms with van der Waals surface area (Å²) < 4.78 is 12.4. The number of carbonyl (C=O) groups excluding carboxylic acids is 1. The van der Waals surface area contributed by atoms with Gasteiger partial charge in [0.25, 0.3) is 0 Å². The minimum Gasteiger partial charge on any atom is -0.388 e. The number of hydrogen-bond donors (Lipinski definition) is 4. The predicted octanol–water partition coefficient (Wildman–Crippen LogP) is 2.69. The second-order valence-corrected chi connectivity index (χ2v) is 14.3. The van der Waals surface area contributed by atoms with Crippen LogP contribution in [0.15, 0.2) is 65.8 Å². The highest BCUT2D eigenvalue weighted by atomic mass is 32.2. The lowest BCUT2D eigenvalue weighted by Gasteiger charge is -2.45. The molecule has 232 valence electrons. The highest BCUT2D eigenvalue weighted by molar-refractivity contribution is 8.00. The fourth-order valence-corrected chi connectivity index (χ4v) is 8.36. The van der Waals surface area contributed by atoms with Gasteiger partial charge in [0.2, 0.25) is 5.91 Å². The molecule has 4 aliphatic rings. The number of allylic oxidation sites excluding steroid dienone is 1. The average molecular weight is 628 g/mol. The van der Waals surface area contributed by atoms with E-state index in [0.29, 0.717) is 12.6 Å². The Morgan fingerprint density at radius 1 is 1.07 bits per heavy atom. The van der Waals surface area contributed by atoms with Crippen molar-refractivity contribution in [2.24, 2.45) is 5.92 Å². The molecule has 2 unspecified atom stereocenters. The SMILES string of the molecule is CSC1O[C@H]([C@H](NC(=O)[C@@H]2[C@@H]3OCC=CC[C@H]3CN2C2CC2)[C@H](C)Sc2ccc(-c3cccnc3)cc2)C(O)[C@@H](O)[C@H]1O. The molecule has 2 aromatic rings. The van der Waals surface area contributed by atoms with E-state index in [1.54, 1.807) is 24.2 Å². The molecular weight excluding hydrogens is 587 g/mol. The Hall–Kier alpha value is -1.96. The average Bonchev–Trinajstić information content (AvgIpc) is 3.84. The Balaban J connectivity index is 1.25. The summed E-state index contributed by atoms with van der Waals surface area (Å²) in [5, 5.41) is 35.5. The quantitative estimate of drug-likeness (QED) is 0.244. The molecule has 11 heteroatoms. The number of amides is 1. The van der Waals surface area contributed by atoms with E-state index in [1.165, 1.54) is 11.8 Å². The largest absolute Gasteiger partial charge is 0.388 e. The summed E-state index contributed by atoms with van der Waals surface area (Å²) >= 11 is 2.83. The first-order valence-electron chi connectivity index (χ1n) is 15.1. The zero-order valence-corrected chi connectivity index (χ0v) is 26.1. The number of nitrogens with zero attached hydrogens (tertiary/aromatic N) is 2. The molecule has 6 rings (SSSR count). The first kappa shape index (κ1) is 31.0. The van der Waals surface area contributed by atoms with Crippen molar-refractivity contribution in [3.05, 3.63) is 60.9 Å². The van der Waals surface area contributed by atoms with Crippen LogP contribution in [0.3, 0.4) is 0 Å².